The van der Waals surface area contributed by atoms with Gasteiger partial charge in [0.2, 0.25) is 5.91 Å². The number of amides is 2. The molecule has 0 heterocycles. The molecule has 31 heavy (non-hydrogen) atoms. The summed E-state index contributed by atoms with van der Waals surface area (Å²) in [5.74, 6) is 3.49. The van der Waals surface area contributed by atoms with Crippen molar-refractivity contribution in [2.24, 2.45) is 17.8 Å². The standard InChI is InChI=1S/C24H34N2O4S/c1-24(2,3)30-23(28)26(31-16-20-14-18-5-8-19(20)13-18)12-11-22(27)25-15-17-6-9-21(29-4)10-7-17/h5-10,18-20H,11-16H2,1-4H3,(H,25,27)/t18-,19-,20-/m1/s1. The van der Waals surface area contributed by atoms with Crippen molar-refractivity contribution in [1.29, 1.82) is 0 Å². The molecule has 2 bridgehead atoms. The number of methoxy groups -OCH3 is 1. The van der Waals surface area contributed by atoms with Gasteiger partial charge in [-0.25, -0.2) is 4.79 Å². The Morgan fingerprint density at radius 2 is 1.90 bits per heavy atom. The van der Waals surface area contributed by atoms with Gasteiger partial charge in [-0.2, -0.15) is 0 Å². The van der Waals surface area contributed by atoms with Gasteiger partial charge in [-0.1, -0.05) is 24.3 Å². The van der Waals surface area contributed by atoms with Crippen LogP contribution in [0.3, 0.4) is 0 Å². The Morgan fingerprint density at radius 1 is 1.16 bits per heavy atom. The van der Waals surface area contributed by atoms with Gasteiger partial charge in [0.1, 0.15) is 11.4 Å². The number of ether oxygens (including phenoxy) is 2. The van der Waals surface area contributed by atoms with E-state index in [2.05, 4.69) is 17.5 Å². The molecule has 2 aliphatic carbocycles. The number of nitrogens with one attached hydrogen (secondary N) is 1. The van der Waals surface area contributed by atoms with Crippen LogP contribution in [0.4, 0.5) is 4.79 Å². The van der Waals surface area contributed by atoms with Crippen molar-refractivity contribution in [3.05, 3.63) is 42.0 Å². The van der Waals surface area contributed by atoms with E-state index in [1.54, 1.807) is 11.4 Å². The van der Waals surface area contributed by atoms with E-state index in [9.17, 15) is 9.59 Å². The van der Waals surface area contributed by atoms with Crippen LogP contribution in [-0.2, 0) is 16.1 Å². The molecule has 6 nitrogen and oxygen atoms in total. The first-order valence-corrected chi connectivity index (χ1v) is 11.9. The summed E-state index contributed by atoms with van der Waals surface area (Å²) in [5.41, 5.74) is 0.429. The first-order valence-electron chi connectivity index (χ1n) is 10.9. The average Bonchev–Trinajstić information content (AvgIpc) is 3.34. The maximum atomic E-state index is 12.7. The minimum Gasteiger partial charge on any atom is -0.497 e. The zero-order valence-corrected chi connectivity index (χ0v) is 19.7. The lowest BCUT2D eigenvalue weighted by molar-refractivity contribution is -0.121. The monoisotopic (exact) mass is 446 g/mol. The first kappa shape index (κ1) is 23.5. The quantitative estimate of drug-likeness (QED) is 0.436. The molecule has 7 heteroatoms. The van der Waals surface area contributed by atoms with E-state index < -0.39 is 5.60 Å². The van der Waals surface area contributed by atoms with Gasteiger partial charge in [-0.3, -0.25) is 9.10 Å². The number of carbonyl (C=O) groups excluding carboxylic acids is 2. The van der Waals surface area contributed by atoms with Gasteiger partial charge in [-0.05, 0) is 81.0 Å². The zero-order chi connectivity index (χ0) is 22.4. The van der Waals surface area contributed by atoms with Gasteiger partial charge >= 0.3 is 6.09 Å². The van der Waals surface area contributed by atoms with E-state index >= 15 is 0 Å². The lowest BCUT2D eigenvalue weighted by atomic mass is 9.96. The highest BCUT2D eigenvalue weighted by atomic mass is 32.2. The summed E-state index contributed by atoms with van der Waals surface area (Å²) >= 11 is 1.50. The molecular weight excluding hydrogens is 412 g/mol. The Bertz CT molecular complexity index is 788. The van der Waals surface area contributed by atoms with Crippen LogP contribution >= 0.6 is 11.9 Å². The summed E-state index contributed by atoms with van der Waals surface area (Å²) in [7, 11) is 1.62. The number of allylic oxidation sites excluding steroid dienone is 2. The highest BCUT2D eigenvalue weighted by Gasteiger charge is 2.36. The molecule has 1 aromatic rings. The topological polar surface area (TPSA) is 67.9 Å². The molecule has 170 valence electrons. The van der Waals surface area contributed by atoms with Crippen LogP contribution in [0.5, 0.6) is 5.75 Å². The van der Waals surface area contributed by atoms with Crippen LogP contribution in [0.1, 0.15) is 45.6 Å². The molecule has 3 rings (SSSR count). The van der Waals surface area contributed by atoms with E-state index in [4.69, 9.17) is 9.47 Å². The molecule has 0 saturated heterocycles. The van der Waals surface area contributed by atoms with E-state index in [1.807, 2.05) is 45.0 Å². The second kappa shape index (κ2) is 10.4. The average molecular weight is 447 g/mol. The molecule has 0 aliphatic heterocycles. The summed E-state index contributed by atoms with van der Waals surface area (Å²) in [5, 5.41) is 2.92. The van der Waals surface area contributed by atoms with Gasteiger partial charge in [0.05, 0.1) is 7.11 Å². The number of rotatable bonds is 9. The lowest BCUT2D eigenvalue weighted by Gasteiger charge is -2.28. The van der Waals surface area contributed by atoms with Gasteiger partial charge in [0, 0.05) is 25.3 Å². The minimum absolute atomic E-state index is 0.0900. The van der Waals surface area contributed by atoms with Crippen LogP contribution in [0.15, 0.2) is 36.4 Å². The Balaban J connectivity index is 1.48. The third-order valence-electron chi connectivity index (χ3n) is 5.65. The van der Waals surface area contributed by atoms with E-state index in [-0.39, 0.29) is 18.4 Å². The van der Waals surface area contributed by atoms with Crippen LogP contribution in [-0.4, -0.2) is 41.3 Å². The van der Waals surface area contributed by atoms with E-state index in [1.165, 1.54) is 24.8 Å². The van der Waals surface area contributed by atoms with Crippen molar-refractivity contribution in [1.82, 2.24) is 9.62 Å². The zero-order valence-electron chi connectivity index (χ0n) is 18.9. The highest BCUT2D eigenvalue weighted by molar-refractivity contribution is 7.97. The number of fused-ring (bicyclic) bond motifs is 2. The molecule has 1 saturated carbocycles. The molecule has 2 aliphatic rings. The van der Waals surface area contributed by atoms with Crippen LogP contribution < -0.4 is 10.1 Å². The van der Waals surface area contributed by atoms with Crippen molar-refractivity contribution < 1.29 is 19.1 Å². The third kappa shape index (κ3) is 7.20. The van der Waals surface area contributed by atoms with Crippen LogP contribution in [0, 0.1) is 17.8 Å². The number of hydrogen-bond donors (Lipinski definition) is 1. The van der Waals surface area contributed by atoms with Crippen molar-refractivity contribution >= 4 is 23.9 Å². The molecule has 0 aromatic heterocycles. The summed E-state index contributed by atoms with van der Waals surface area (Å²) in [6, 6.07) is 7.58. The van der Waals surface area contributed by atoms with E-state index in [0.717, 1.165) is 17.1 Å². The van der Waals surface area contributed by atoms with E-state index in [0.29, 0.717) is 30.8 Å². The van der Waals surface area contributed by atoms with Gasteiger partial charge in [-0.15, -0.1) is 0 Å². The van der Waals surface area contributed by atoms with Crippen LogP contribution in [0.25, 0.3) is 0 Å². The normalized spacial score (nSPS) is 21.7. The van der Waals surface area contributed by atoms with Gasteiger partial charge < -0.3 is 14.8 Å². The number of benzene rings is 1. The SMILES string of the molecule is COc1ccc(CNC(=O)CCN(SC[C@H]2C[C@@H]3C=C[C@@H]2C3)C(=O)OC(C)(C)C)cc1. The Hall–Kier alpha value is -2.15. The fraction of sp³-hybridized carbons (Fsp3) is 0.583. The number of carbonyl (C=O) groups is 2. The Morgan fingerprint density at radius 3 is 2.48 bits per heavy atom. The predicted molar refractivity (Wildman–Crippen MR) is 124 cm³/mol. The molecular formula is C24H34N2O4S. The maximum absolute atomic E-state index is 12.7. The van der Waals surface area contributed by atoms with Crippen molar-refractivity contribution in [3.63, 3.8) is 0 Å². The van der Waals surface area contributed by atoms with Gasteiger partial charge in [0.25, 0.3) is 0 Å². The summed E-state index contributed by atoms with van der Waals surface area (Å²) in [4.78, 5) is 25.1. The molecule has 1 fully saturated rings. The second-order valence-electron chi connectivity index (χ2n) is 9.29. The van der Waals surface area contributed by atoms with Gasteiger partial charge in [0.15, 0.2) is 0 Å². The van der Waals surface area contributed by atoms with Crippen molar-refractivity contribution in [2.75, 3.05) is 19.4 Å². The highest BCUT2D eigenvalue weighted by Crippen LogP contribution is 2.45. The third-order valence-corrected chi connectivity index (χ3v) is 6.87. The maximum Gasteiger partial charge on any atom is 0.420 e. The smallest absolute Gasteiger partial charge is 0.420 e. The van der Waals surface area contributed by atoms with Crippen molar-refractivity contribution in [3.8, 4) is 5.75 Å². The second-order valence-corrected chi connectivity index (χ2v) is 10.3. The number of nitrogens with zero attached hydrogens (tertiary/aromatic N) is 1. The Labute approximate surface area is 189 Å². The first-order chi connectivity index (χ1) is 14.7. The molecule has 1 aromatic carbocycles. The minimum atomic E-state index is -0.568. The summed E-state index contributed by atoms with van der Waals surface area (Å²) < 4.78 is 12.3. The fourth-order valence-corrected chi connectivity index (χ4v) is 5.15. The number of hydrogen-bond acceptors (Lipinski definition) is 5. The molecule has 0 unspecified atom stereocenters. The van der Waals surface area contributed by atoms with Crippen molar-refractivity contribution in [2.45, 2.75) is 52.2 Å². The Kier molecular flexibility index (Phi) is 7.92. The molecule has 2 amide bonds. The fourth-order valence-electron chi connectivity index (χ4n) is 4.03. The predicted octanol–water partition coefficient (Wildman–Crippen LogP) is 4.80. The molecule has 3 atom stereocenters. The summed E-state index contributed by atoms with van der Waals surface area (Å²) in [6.07, 6.45) is 6.94. The summed E-state index contributed by atoms with van der Waals surface area (Å²) in [6.45, 7) is 6.34. The molecule has 1 N–H and O–H groups in total. The van der Waals surface area contributed by atoms with Crippen LogP contribution in [0.2, 0.25) is 0 Å². The molecule has 0 radical (unpaired) electrons. The molecule has 0 spiro atoms. The lowest BCUT2D eigenvalue weighted by Crippen LogP contribution is -2.36. The largest absolute Gasteiger partial charge is 0.497 e.